The lowest BCUT2D eigenvalue weighted by molar-refractivity contribution is 0.121. The van der Waals surface area contributed by atoms with Crippen LogP contribution >= 0.6 is 0 Å². The van der Waals surface area contributed by atoms with Gasteiger partial charge in [0.25, 0.3) is 0 Å². The van der Waals surface area contributed by atoms with Crippen LogP contribution in [0, 0.1) is 5.92 Å². The van der Waals surface area contributed by atoms with Crippen LogP contribution in [0.25, 0.3) is 0 Å². The molecule has 0 aliphatic heterocycles. The number of aliphatic hydroxyl groups is 1. The summed E-state index contributed by atoms with van der Waals surface area (Å²) < 4.78 is 0. The maximum absolute atomic E-state index is 9.54. The number of nitrogens with one attached hydrogen (secondary N) is 1. The normalized spacial score (nSPS) is 17.5. The first-order valence-electron chi connectivity index (χ1n) is 6.90. The molecular weight excluding hydrogens is 212 g/mol. The molecule has 0 spiro atoms. The highest BCUT2D eigenvalue weighted by molar-refractivity contribution is 4.86. The maximum Gasteiger partial charge on any atom is 0.0611 e. The van der Waals surface area contributed by atoms with Crippen LogP contribution in [0.2, 0.25) is 0 Å². The van der Waals surface area contributed by atoms with E-state index in [1.54, 1.807) is 0 Å². The van der Waals surface area contributed by atoms with Crippen LogP contribution in [-0.2, 0) is 0 Å². The Kier molecular flexibility index (Phi) is 8.01. The highest BCUT2D eigenvalue weighted by Gasteiger charge is 2.26. The number of rotatable bonds is 9. The van der Waals surface area contributed by atoms with Crippen molar-refractivity contribution in [1.82, 2.24) is 10.2 Å². The zero-order valence-corrected chi connectivity index (χ0v) is 12.6. The third-order valence-electron chi connectivity index (χ3n) is 3.30. The monoisotopic (exact) mass is 244 g/mol. The third-order valence-corrected chi connectivity index (χ3v) is 3.30. The van der Waals surface area contributed by atoms with Crippen molar-refractivity contribution in [3.63, 3.8) is 0 Å². The summed E-state index contributed by atoms with van der Waals surface area (Å²) in [6.07, 6.45) is 2.08. The van der Waals surface area contributed by atoms with E-state index in [2.05, 4.69) is 51.9 Å². The smallest absolute Gasteiger partial charge is 0.0611 e. The van der Waals surface area contributed by atoms with E-state index < -0.39 is 0 Å². The Morgan fingerprint density at radius 2 is 1.88 bits per heavy atom. The van der Waals surface area contributed by atoms with Crippen molar-refractivity contribution in [3.05, 3.63) is 0 Å². The van der Waals surface area contributed by atoms with Gasteiger partial charge >= 0.3 is 0 Å². The largest absolute Gasteiger partial charge is 0.394 e. The van der Waals surface area contributed by atoms with Gasteiger partial charge in [0, 0.05) is 18.1 Å². The lowest BCUT2D eigenvalue weighted by Gasteiger charge is -2.36. The Labute approximate surface area is 108 Å². The molecule has 0 radical (unpaired) electrons. The number of hydrogen-bond acceptors (Lipinski definition) is 3. The summed E-state index contributed by atoms with van der Waals surface area (Å²) in [7, 11) is 2.17. The average molecular weight is 244 g/mol. The van der Waals surface area contributed by atoms with Gasteiger partial charge in [-0.2, -0.15) is 0 Å². The van der Waals surface area contributed by atoms with Crippen LogP contribution in [0.3, 0.4) is 0 Å². The van der Waals surface area contributed by atoms with Crippen molar-refractivity contribution < 1.29 is 5.11 Å². The first kappa shape index (κ1) is 16.9. The fraction of sp³-hybridized carbons (Fsp3) is 1.00. The number of aliphatic hydroxyl groups excluding tert-OH is 1. The highest BCUT2D eigenvalue weighted by atomic mass is 16.3. The topological polar surface area (TPSA) is 35.5 Å². The van der Waals surface area contributed by atoms with Crippen LogP contribution in [0.5, 0.6) is 0 Å². The maximum atomic E-state index is 9.54. The molecule has 0 aliphatic rings. The fourth-order valence-corrected chi connectivity index (χ4v) is 2.18. The Bertz CT molecular complexity index is 197. The van der Waals surface area contributed by atoms with Crippen molar-refractivity contribution >= 4 is 0 Å². The van der Waals surface area contributed by atoms with Crippen molar-refractivity contribution in [1.29, 1.82) is 0 Å². The highest BCUT2D eigenvalue weighted by Crippen LogP contribution is 2.16. The molecule has 0 fully saturated rings. The Morgan fingerprint density at radius 3 is 2.29 bits per heavy atom. The molecule has 2 unspecified atom stereocenters. The summed E-state index contributed by atoms with van der Waals surface area (Å²) in [5, 5.41) is 13.0. The predicted molar refractivity (Wildman–Crippen MR) is 75.3 cm³/mol. The van der Waals surface area contributed by atoms with Gasteiger partial charge in [0.2, 0.25) is 0 Å². The van der Waals surface area contributed by atoms with Crippen molar-refractivity contribution in [3.8, 4) is 0 Å². The average Bonchev–Trinajstić information content (AvgIpc) is 2.25. The second-order valence-corrected chi connectivity index (χ2v) is 6.03. The second kappa shape index (κ2) is 8.06. The SMILES string of the molecule is CCCNC(C)(CO)CC(C)N(C)CC(C)C. The van der Waals surface area contributed by atoms with E-state index in [9.17, 15) is 5.11 Å². The van der Waals surface area contributed by atoms with E-state index in [0.29, 0.717) is 12.0 Å². The molecule has 0 aromatic rings. The molecule has 2 N–H and O–H groups in total. The van der Waals surface area contributed by atoms with Gasteiger partial charge in [0.1, 0.15) is 0 Å². The van der Waals surface area contributed by atoms with Crippen molar-refractivity contribution in [2.45, 2.75) is 59.0 Å². The van der Waals surface area contributed by atoms with Gasteiger partial charge in [0.15, 0.2) is 0 Å². The number of nitrogens with zero attached hydrogens (tertiary/aromatic N) is 1. The van der Waals surface area contributed by atoms with Crippen LogP contribution in [0.4, 0.5) is 0 Å². The van der Waals surface area contributed by atoms with Gasteiger partial charge in [-0.05, 0) is 46.2 Å². The molecule has 3 heteroatoms. The molecule has 0 aromatic heterocycles. The molecule has 0 bridgehead atoms. The minimum Gasteiger partial charge on any atom is -0.394 e. The van der Waals surface area contributed by atoms with Crippen LogP contribution in [0.15, 0.2) is 0 Å². The van der Waals surface area contributed by atoms with E-state index in [4.69, 9.17) is 0 Å². The standard InChI is InChI=1S/C14H32N2O/c1-7-8-15-14(5,11-17)9-13(4)16(6)10-12(2)3/h12-13,15,17H,7-11H2,1-6H3. The van der Waals surface area contributed by atoms with Gasteiger partial charge in [-0.1, -0.05) is 20.8 Å². The molecule has 0 saturated heterocycles. The van der Waals surface area contributed by atoms with Crippen molar-refractivity contribution in [2.75, 3.05) is 26.7 Å². The summed E-state index contributed by atoms with van der Waals surface area (Å²) in [4.78, 5) is 2.38. The van der Waals surface area contributed by atoms with Gasteiger partial charge in [0.05, 0.1) is 6.61 Å². The first-order valence-corrected chi connectivity index (χ1v) is 6.90. The summed E-state index contributed by atoms with van der Waals surface area (Å²) >= 11 is 0. The molecule has 0 aliphatic carbocycles. The summed E-state index contributed by atoms with van der Waals surface area (Å²) in [5.74, 6) is 0.687. The number of hydrogen-bond donors (Lipinski definition) is 2. The molecule has 3 nitrogen and oxygen atoms in total. The Hall–Kier alpha value is -0.120. The molecule has 104 valence electrons. The third kappa shape index (κ3) is 7.02. The lowest BCUT2D eigenvalue weighted by Crippen LogP contribution is -2.50. The van der Waals surface area contributed by atoms with E-state index in [0.717, 1.165) is 25.9 Å². The van der Waals surface area contributed by atoms with Gasteiger partial charge < -0.3 is 15.3 Å². The minimum atomic E-state index is -0.152. The van der Waals surface area contributed by atoms with Crippen molar-refractivity contribution in [2.24, 2.45) is 5.92 Å². The van der Waals surface area contributed by atoms with E-state index in [1.807, 2.05) is 0 Å². The summed E-state index contributed by atoms with van der Waals surface area (Å²) in [6.45, 7) is 13.3. The van der Waals surface area contributed by atoms with Gasteiger partial charge in [-0.3, -0.25) is 0 Å². The molecule has 0 amide bonds. The van der Waals surface area contributed by atoms with Gasteiger partial charge in [-0.25, -0.2) is 0 Å². The summed E-state index contributed by atoms with van der Waals surface area (Å²) in [6, 6.07) is 0.485. The van der Waals surface area contributed by atoms with Crippen LogP contribution < -0.4 is 5.32 Å². The van der Waals surface area contributed by atoms with Crippen LogP contribution in [0.1, 0.15) is 47.5 Å². The minimum absolute atomic E-state index is 0.152. The van der Waals surface area contributed by atoms with Crippen LogP contribution in [-0.4, -0.2) is 48.3 Å². The second-order valence-electron chi connectivity index (χ2n) is 6.03. The Balaban J connectivity index is 4.25. The molecule has 0 heterocycles. The molecule has 0 saturated carbocycles. The molecule has 2 atom stereocenters. The van der Waals surface area contributed by atoms with E-state index in [-0.39, 0.29) is 12.1 Å². The fourth-order valence-electron chi connectivity index (χ4n) is 2.18. The lowest BCUT2D eigenvalue weighted by atomic mass is 9.93. The van der Waals surface area contributed by atoms with E-state index >= 15 is 0 Å². The van der Waals surface area contributed by atoms with Gasteiger partial charge in [-0.15, -0.1) is 0 Å². The molecule has 0 aromatic carbocycles. The summed E-state index contributed by atoms with van der Waals surface area (Å²) in [5.41, 5.74) is -0.152. The Morgan fingerprint density at radius 1 is 1.29 bits per heavy atom. The zero-order chi connectivity index (χ0) is 13.5. The zero-order valence-electron chi connectivity index (χ0n) is 12.6. The first-order chi connectivity index (χ1) is 7.84. The molecular formula is C14H32N2O. The molecule has 17 heavy (non-hydrogen) atoms. The predicted octanol–water partition coefficient (Wildman–Crippen LogP) is 2.10. The van der Waals surface area contributed by atoms with E-state index in [1.165, 1.54) is 0 Å². The quantitative estimate of drug-likeness (QED) is 0.652. The molecule has 0 rings (SSSR count).